The molecular weight excluding hydrogens is 366 g/mol. The Balaban J connectivity index is 1.87. The summed E-state index contributed by atoms with van der Waals surface area (Å²) in [5, 5.41) is 0.578. The lowest BCUT2D eigenvalue weighted by Crippen LogP contribution is -2.43. The Bertz CT molecular complexity index is 717. The number of benzene rings is 1. The SMILES string of the molecule is CCCN(C(=O)COC(=O)Cc1ccc(Cl)cc1)C1CCS(=O)(=O)C1. The van der Waals surface area contributed by atoms with Gasteiger partial charge in [-0.05, 0) is 30.5 Å². The molecule has 1 heterocycles. The number of halogens is 1. The van der Waals surface area contributed by atoms with E-state index in [2.05, 4.69) is 0 Å². The molecule has 1 aliphatic heterocycles. The highest BCUT2D eigenvalue weighted by Gasteiger charge is 2.34. The number of hydrogen-bond acceptors (Lipinski definition) is 5. The van der Waals surface area contributed by atoms with Crippen molar-refractivity contribution in [2.45, 2.75) is 32.2 Å². The number of nitrogens with zero attached hydrogens (tertiary/aromatic N) is 1. The summed E-state index contributed by atoms with van der Waals surface area (Å²) in [4.78, 5) is 25.8. The molecule has 1 aliphatic rings. The Morgan fingerprint density at radius 1 is 1.28 bits per heavy atom. The van der Waals surface area contributed by atoms with Gasteiger partial charge in [-0.25, -0.2) is 8.42 Å². The summed E-state index contributed by atoms with van der Waals surface area (Å²) in [6.07, 6.45) is 1.20. The summed E-state index contributed by atoms with van der Waals surface area (Å²) >= 11 is 5.79. The minimum atomic E-state index is -3.08. The predicted molar refractivity (Wildman–Crippen MR) is 95.2 cm³/mol. The second-order valence-corrected chi connectivity index (χ2v) is 8.77. The normalized spacial score (nSPS) is 18.7. The molecule has 1 aromatic carbocycles. The van der Waals surface area contributed by atoms with Crippen LogP contribution in [-0.2, 0) is 30.6 Å². The van der Waals surface area contributed by atoms with Gasteiger partial charge in [0, 0.05) is 17.6 Å². The molecule has 1 amide bonds. The van der Waals surface area contributed by atoms with Crippen molar-refractivity contribution in [3.05, 3.63) is 34.9 Å². The number of rotatable bonds is 7. The zero-order chi connectivity index (χ0) is 18.4. The lowest BCUT2D eigenvalue weighted by molar-refractivity contribution is -0.152. The second kappa shape index (κ2) is 8.67. The van der Waals surface area contributed by atoms with Crippen LogP contribution in [0.5, 0.6) is 0 Å². The maximum absolute atomic E-state index is 12.4. The van der Waals surface area contributed by atoms with Gasteiger partial charge in [0.25, 0.3) is 5.91 Å². The molecule has 8 heteroatoms. The van der Waals surface area contributed by atoms with Crippen LogP contribution in [0.15, 0.2) is 24.3 Å². The number of sulfone groups is 1. The molecule has 6 nitrogen and oxygen atoms in total. The summed E-state index contributed by atoms with van der Waals surface area (Å²) in [5.74, 6) is -0.779. The molecule has 0 bridgehead atoms. The number of carbonyl (C=O) groups excluding carboxylic acids is 2. The Kier molecular flexibility index (Phi) is 6.84. The van der Waals surface area contributed by atoms with Gasteiger partial charge in [0.15, 0.2) is 16.4 Å². The van der Waals surface area contributed by atoms with Gasteiger partial charge in [0.1, 0.15) is 0 Å². The molecule has 1 unspecified atom stereocenters. The first-order valence-electron chi connectivity index (χ1n) is 8.20. The first-order chi connectivity index (χ1) is 11.8. The summed E-state index contributed by atoms with van der Waals surface area (Å²) < 4.78 is 28.3. The highest BCUT2D eigenvalue weighted by Crippen LogP contribution is 2.18. The van der Waals surface area contributed by atoms with Gasteiger partial charge in [0.05, 0.1) is 17.9 Å². The molecule has 1 aromatic rings. The maximum atomic E-state index is 12.4. The lowest BCUT2D eigenvalue weighted by Gasteiger charge is -2.27. The van der Waals surface area contributed by atoms with Gasteiger partial charge in [-0.3, -0.25) is 9.59 Å². The Morgan fingerprint density at radius 3 is 2.52 bits per heavy atom. The van der Waals surface area contributed by atoms with E-state index in [9.17, 15) is 18.0 Å². The zero-order valence-corrected chi connectivity index (χ0v) is 15.7. The molecule has 138 valence electrons. The molecule has 25 heavy (non-hydrogen) atoms. The van der Waals surface area contributed by atoms with Crippen molar-refractivity contribution in [3.8, 4) is 0 Å². The van der Waals surface area contributed by atoms with E-state index in [1.54, 1.807) is 24.3 Å². The molecule has 0 saturated carbocycles. The van der Waals surface area contributed by atoms with Crippen LogP contribution < -0.4 is 0 Å². The van der Waals surface area contributed by atoms with E-state index < -0.39 is 15.8 Å². The average Bonchev–Trinajstić information content (AvgIpc) is 2.92. The Morgan fingerprint density at radius 2 is 1.96 bits per heavy atom. The van der Waals surface area contributed by atoms with Crippen LogP contribution in [-0.4, -0.2) is 55.9 Å². The number of carbonyl (C=O) groups is 2. The van der Waals surface area contributed by atoms with Gasteiger partial charge in [0.2, 0.25) is 0 Å². The van der Waals surface area contributed by atoms with E-state index in [0.29, 0.717) is 24.4 Å². The number of esters is 1. The zero-order valence-electron chi connectivity index (χ0n) is 14.1. The van der Waals surface area contributed by atoms with Crippen LogP contribution in [0.4, 0.5) is 0 Å². The predicted octanol–water partition coefficient (Wildman–Crippen LogP) is 1.85. The first-order valence-corrected chi connectivity index (χ1v) is 10.4. The van der Waals surface area contributed by atoms with Gasteiger partial charge in [-0.15, -0.1) is 0 Å². The third kappa shape index (κ3) is 6.01. The van der Waals surface area contributed by atoms with Crippen molar-refractivity contribution in [1.29, 1.82) is 0 Å². The second-order valence-electron chi connectivity index (χ2n) is 6.11. The Hall–Kier alpha value is -1.60. The molecule has 0 spiro atoms. The summed E-state index contributed by atoms with van der Waals surface area (Å²) in [7, 11) is -3.08. The van der Waals surface area contributed by atoms with E-state index in [-0.39, 0.29) is 36.5 Å². The fourth-order valence-electron chi connectivity index (χ4n) is 2.82. The smallest absolute Gasteiger partial charge is 0.310 e. The molecule has 2 rings (SSSR count). The van der Waals surface area contributed by atoms with E-state index in [4.69, 9.17) is 16.3 Å². The maximum Gasteiger partial charge on any atom is 0.310 e. The third-order valence-electron chi connectivity index (χ3n) is 4.05. The van der Waals surface area contributed by atoms with Crippen molar-refractivity contribution >= 4 is 33.3 Å². The van der Waals surface area contributed by atoms with Crippen molar-refractivity contribution in [2.24, 2.45) is 0 Å². The van der Waals surface area contributed by atoms with Crippen LogP contribution in [0.2, 0.25) is 5.02 Å². The topological polar surface area (TPSA) is 80.8 Å². The van der Waals surface area contributed by atoms with Gasteiger partial charge >= 0.3 is 5.97 Å². The van der Waals surface area contributed by atoms with E-state index >= 15 is 0 Å². The van der Waals surface area contributed by atoms with Crippen LogP contribution in [0.1, 0.15) is 25.3 Å². The summed E-state index contributed by atoms with van der Waals surface area (Å²) in [5.41, 5.74) is 0.745. The van der Waals surface area contributed by atoms with E-state index in [1.165, 1.54) is 4.90 Å². The molecule has 0 radical (unpaired) electrons. The Labute approximate surface area is 153 Å². The van der Waals surface area contributed by atoms with Crippen molar-refractivity contribution in [3.63, 3.8) is 0 Å². The van der Waals surface area contributed by atoms with Crippen LogP contribution in [0, 0.1) is 0 Å². The number of hydrogen-bond donors (Lipinski definition) is 0. The fraction of sp³-hybridized carbons (Fsp3) is 0.529. The summed E-state index contributed by atoms with van der Waals surface area (Å²) in [6, 6.07) is 6.47. The van der Waals surface area contributed by atoms with Crippen molar-refractivity contribution < 1.29 is 22.7 Å². The molecular formula is C17H22ClNO5S. The van der Waals surface area contributed by atoms with E-state index in [0.717, 1.165) is 5.56 Å². The molecule has 1 saturated heterocycles. The molecule has 0 aliphatic carbocycles. The van der Waals surface area contributed by atoms with Crippen molar-refractivity contribution in [1.82, 2.24) is 4.90 Å². The van der Waals surface area contributed by atoms with E-state index in [1.807, 2.05) is 6.92 Å². The van der Waals surface area contributed by atoms with Gasteiger partial charge < -0.3 is 9.64 Å². The minimum absolute atomic E-state index is 0.0164. The molecule has 0 N–H and O–H groups in total. The monoisotopic (exact) mass is 387 g/mol. The highest BCUT2D eigenvalue weighted by atomic mass is 35.5. The average molecular weight is 388 g/mol. The molecule has 0 aromatic heterocycles. The lowest BCUT2D eigenvalue weighted by atomic mass is 10.1. The number of ether oxygens (including phenoxy) is 1. The number of amides is 1. The fourth-order valence-corrected chi connectivity index (χ4v) is 4.67. The van der Waals surface area contributed by atoms with Crippen LogP contribution >= 0.6 is 11.6 Å². The molecule has 1 atom stereocenters. The van der Waals surface area contributed by atoms with Crippen LogP contribution in [0.3, 0.4) is 0 Å². The quantitative estimate of drug-likeness (QED) is 0.667. The summed E-state index contributed by atoms with van der Waals surface area (Å²) in [6.45, 7) is 1.99. The van der Waals surface area contributed by atoms with Crippen LogP contribution in [0.25, 0.3) is 0 Å². The minimum Gasteiger partial charge on any atom is -0.455 e. The van der Waals surface area contributed by atoms with Gasteiger partial charge in [-0.1, -0.05) is 30.7 Å². The molecule has 1 fully saturated rings. The first kappa shape index (κ1) is 19.7. The van der Waals surface area contributed by atoms with Crippen molar-refractivity contribution in [2.75, 3.05) is 24.7 Å². The highest BCUT2D eigenvalue weighted by molar-refractivity contribution is 7.91. The van der Waals surface area contributed by atoms with Gasteiger partial charge in [-0.2, -0.15) is 0 Å². The largest absolute Gasteiger partial charge is 0.455 e. The standard InChI is InChI=1S/C17H22ClNO5S/c1-2-8-19(15-7-9-25(22,23)12-15)16(20)11-24-17(21)10-13-3-5-14(18)6-4-13/h3-6,15H,2,7-12H2,1H3. The third-order valence-corrected chi connectivity index (χ3v) is 6.05.